The van der Waals surface area contributed by atoms with Crippen molar-refractivity contribution in [2.24, 2.45) is 5.92 Å². The van der Waals surface area contributed by atoms with E-state index in [2.05, 4.69) is 18.7 Å². The zero-order valence-electron chi connectivity index (χ0n) is 21.2. The highest BCUT2D eigenvalue weighted by Crippen LogP contribution is 2.36. The van der Waals surface area contributed by atoms with Crippen LogP contribution in [0.1, 0.15) is 43.9 Å². The van der Waals surface area contributed by atoms with Gasteiger partial charge in [-0.2, -0.15) is 5.10 Å². The van der Waals surface area contributed by atoms with E-state index in [9.17, 15) is 5.11 Å². The molecule has 1 aliphatic rings. The third-order valence-corrected chi connectivity index (χ3v) is 6.21. The number of aromatic nitrogens is 2. The Balaban J connectivity index is 1.75. The Morgan fingerprint density at radius 2 is 1.74 bits per heavy atom. The number of rotatable bonds is 13. The van der Waals surface area contributed by atoms with E-state index in [-0.39, 0.29) is 5.92 Å². The highest BCUT2D eigenvalue weighted by molar-refractivity contribution is 5.46. The molecule has 1 aliphatic carbocycles. The molecule has 1 heterocycles. The van der Waals surface area contributed by atoms with Gasteiger partial charge in [-0.3, -0.25) is 4.90 Å². The molecule has 0 radical (unpaired) electrons. The second-order valence-electron chi connectivity index (χ2n) is 9.60. The van der Waals surface area contributed by atoms with E-state index in [0.717, 1.165) is 35.0 Å². The highest BCUT2D eigenvalue weighted by atomic mass is 16.5. The van der Waals surface area contributed by atoms with Crippen LogP contribution in [0.15, 0.2) is 54.6 Å². The van der Waals surface area contributed by atoms with Crippen LogP contribution in [0.25, 0.3) is 5.69 Å². The summed E-state index contributed by atoms with van der Waals surface area (Å²) < 4.78 is 18.9. The Bertz CT molecular complexity index is 1060. The van der Waals surface area contributed by atoms with Crippen molar-refractivity contribution in [3.8, 4) is 23.1 Å². The van der Waals surface area contributed by atoms with E-state index in [1.807, 2.05) is 59.3 Å². The molecule has 4 rings (SSSR count). The van der Waals surface area contributed by atoms with Crippen LogP contribution in [-0.2, 0) is 11.3 Å². The normalized spacial score (nSPS) is 14.5. The van der Waals surface area contributed by atoms with E-state index in [4.69, 9.17) is 19.3 Å². The summed E-state index contributed by atoms with van der Waals surface area (Å²) >= 11 is 0. The van der Waals surface area contributed by atoms with Gasteiger partial charge < -0.3 is 19.3 Å². The fourth-order valence-electron chi connectivity index (χ4n) is 4.30. The molecule has 1 atom stereocenters. The van der Waals surface area contributed by atoms with Gasteiger partial charge >= 0.3 is 0 Å². The number of aliphatic hydroxyl groups is 1. The first kappa shape index (κ1) is 25.2. The van der Waals surface area contributed by atoms with Gasteiger partial charge in [-0.15, -0.1) is 0 Å². The fourth-order valence-corrected chi connectivity index (χ4v) is 4.30. The minimum Gasteiger partial charge on any atom is -0.497 e. The van der Waals surface area contributed by atoms with Crippen LogP contribution in [0.4, 0.5) is 0 Å². The molecular formula is C28H37N3O4. The topological polar surface area (TPSA) is 69.0 Å². The van der Waals surface area contributed by atoms with Gasteiger partial charge in [0.05, 0.1) is 36.8 Å². The van der Waals surface area contributed by atoms with Crippen molar-refractivity contribution in [1.29, 1.82) is 0 Å². The van der Waals surface area contributed by atoms with E-state index in [1.54, 1.807) is 14.2 Å². The summed E-state index contributed by atoms with van der Waals surface area (Å²) in [4.78, 5) is 2.32. The number of benzene rings is 2. The van der Waals surface area contributed by atoms with Gasteiger partial charge in [-0.05, 0) is 61.1 Å². The second kappa shape index (κ2) is 11.7. The maximum absolute atomic E-state index is 10.5. The Morgan fingerprint density at radius 3 is 2.34 bits per heavy atom. The number of nitrogens with zero attached hydrogens (tertiary/aromatic N) is 3. The second-order valence-corrected chi connectivity index (χ2v) is 9.60. The fraction of sp³-hybridized carbons (Fsp3) is 0.464. The van der Waals surface area contributed by atoms with Gasteiger partial charge in [0.1, 0.15) is 11.5 Å². The lowest BCUT2D eigenvalue weighted by Gasteiger charge is -2.25. The molecule has 2 aromatic carbocycles. The molecule has 0 unspecified atom stereocenters. The quantitative estimate of drug-likeness (QED) is 0.371. The third kappa shape index (κ3) is 6.63. The Labute approximate surface area is 208 Å². The molecule has 1 N–H and O–H groups in total. The zero-order valence-corrected chi connectivity index (χ0v) is 21.2. The van der Waals surface area contributed by atoms with E-state index in [1.165, 1.54) is 12.8 Å². The molecule has 0 aliphatic heterocycles. The lowest BCUT2D eigenvalue weighted by atomic mass is 10.1. The number of para-hydroxylation sites is 1. The van der Waals surface area contributed by atoms with Gasteiger partial charge in [0.15, 0.2) is 0 Å². The molecule has 35 heavy (non-hydrogen) atoms. The summed E-state index contributed by atoms with van der Waals surface area (Å²) in [6.45, 7) is 6.75. The molecule has 7 nitrogen and oxygen atoms in total. The summed E-state index contributed by atoms with van der Waals surface area (Å²) in [7, 11) is 3.28. The molecule has 1 fully saturated rings. The smallest absolute Gasteiger partial charge is 0.227 e. The van der Waals surface area contributed by atoms with E-state index in [0.29, 0.717) is 31.5 Å². The first-order chi connectivity index (χ1) is 17.0. The molecule has 1 saturated carbocycles. The van der Waals surface area contributed by atoms with Crippen molar-refractivity contribution < 1.29 is 19.3 Å². The molecule has 0 saturated heterocycles. The molecule has 1 aromatic heterocycles. The standard InChI is InChI=1S/C28H37N3O4/c1-20(2)27-26(18-30(16-21-10-11-21)17-23(32)19-33-3)28(35-25-8-6-5-7-9-25)31(29-27)22-12-14-24(34-4)15-13-22/h5-9,12-15,20-21,23,32H,10-11,16-19H2,1-4H3/t23-/m1/s1. The Hall–Kier alpha value is -2.87. The Morgan fingerprint density at radius 1 is 1.03 bits per heavy atom. The number of aliphatic hydroxyl groups excluding tert-OH is 1. The Kier molecular flexibility index (Phi) is 8.44. The molecule has 0 amide bonds. The van der Waals surface area contributed by atoms with Crippen molar-refractivity contribution in [2.45, 2.75) is 45.3 Å². The van der Waals surface area contributed by atoms with Gasteiger partial charge in [0.2, 0.25) is 5.88 Å². The van der Waals surface area contributed by atoms with Crippen LogP contribution in [0.5, 0.6) is 17.4 Å². The number of ether oxygens (including phenoxy) is 3. The molecule has 7 heteroatoms. The monoisotopic (exact) mass is 479 g/mol. The first-order valence-electron chi connectivity index (χ1n) is 12.4. The van der Waals surface area contributed by atoms with Crippen LogP contribution in [-0.4, -0.2) is 59.8 Å². The molecule has 0 bridgehead atoms. The van der Waals surface area contributed by atoms with Crippen molar-refractivity contribution >= 4 is 0 Å². The average molecular weight is 480 g/mol. The van der Waals surface area contributed by atoms with Gasteiger partial charge in [0, 0.05) is 26.7 Å². The SMILES string of the molecule is COC[C@H](O)CN(Cc1c(C(C)C)nn(-c2ccc(OC)cc2)c1Oc1ccccc1)CC1CC1. The van der Waals surface area contributed by atoms with Crippen LogP contribution < -0.4 is 9.47 Å². The third-order valence-electron chi connectivity index (χ3n) is 6.21. The predicted molar refractivity (Wildman–Crippen MR) is 137 cm³/mol. The van der Waals surface area contributed by atoms with Crippen molar-refractivity contribution in [1.82, 2.24) is 14.7 Å². The molecule has 188 valence electrons. The van der Waals surface area contributed by atoms with Gasteiger partial charge in [-0.1, -0.05) is 32.0 Å². The number of hydrogen-bond acceptors (Lipinski definition) is 6. The van der Waals surface area contributed by atoms with Gasteiger partial charge in [-0.25, -0.2) is 4.68 Å². The summed E-state index contributed by atoms with van der Waals surface area (Å²) in [6, 6.07) is 17.6. The minimum atomic E-state index is -0.545. The van der Waals surface area contributed by atoms with E-state index < -0.39 is 6.10 Å². The first-order valence-corrected chi connectivity index (χ1v) is 12.4. The van der Waals surface area contributed by atoms with Crippen molar-refractivity contribution in [3.63, 3.8) is 0 Å². The maximum atomic E-state index is 10.5. The molecule has 3 aromatic rings. The maximum Gasteiger partial charge on any atom is 0.227 e. The number of hydrogen-bond donors (Lipinski definition) is 1. The summed E-state index contributed by atoms with van der Waals surface area (Å²) in [5, 5.41) is 15.5. The van der Waals surface area contributed by atoms with Crippen LogP contribution in [0.2, 0.25) is 0 Å². The molecular weight excluding hydrogens is 442 g/mol. The summed E-state index contributed by atoms with van der Waals surface area (Å²) in [5.41, 5.74) is 2.94. The van der Waals surface area contributed by atoms with Crippen LogP contribution in [0, 0.1) is 5.92 Å². The highest BCUT2D eigenvalue weighted by Gasteiger charge is 2.29. The van der Waals surface area contributed by atoms with E-state index >= 15 is 0 Å². The average Bonchev–Trinajstić information content (AvgIpc) is 3.60. The van der Waals surface area contributed by atoms with Crippen molar-refractivity contribution in [3.05, 3.63) is 65.9 Å². The lowest BCUT2D eigenvalue weighted by Crippen LogP contribution is -2.36. The van der Waals surface area contributed by atoms with Crippen LogP contribution >= 0.6 is 0 Å². The summed E-state index contributed by atoms with van der Waals surface area (Å²) in [6.07, 6.45) is 1.94. The van der Waals surface area contributed by atoms with Gasteiger partial charge in [0.25, 0.3) is 0 Å². The van der Waals surface area contributed by atoms with Crippen molar-refractivity contribution in [2.75, 3.05) is 33.9 Å². The van der Waals surface area contributed by atoms with Crippen LogP contribution in [0.3, 0.4) is 0 Å². The minimum absolute atomic E-state index is 0.203. The lowest BCUT2D eigenvalue weighted by molar-refractivity contribution is 0.0345. The summed E-state index contributed by atoms with van der Waals surface area (Å²) in [5.74, 6) is 3.13. The molecule has 0 spiro atoms. The zero-order chi connectivity index (χ0) is 24.8. The predicted octanol–water partition coefficient (Wildman–Crippen LogP) is 5.02. The largest absolute Gasteiger partial charge is 0.497 e. The number of methoxy groups -OCH3 is 2.